The van der Waals surface area contributed by atoms with E-state index in [1.54, 1.807) is 0 Å². The van der Waals surface area contributed by atoms with Crippen molar-refractivity contribution in [1.82, 2.24) is 0 Å². The molecule has 0 radical (unpaired) electrons. The number of hydrogen-bond donors (Lipinski definition) is 0. The van der Waals surface area contributed by atoms with Gasteiger partial charge in [-0.05, 0) is 17.8 Å². The van der Waals surface area contributed by atoms with Gasteiger partial charge in [-0.1, -0.05) is 80.1 Å². The highest BCUT2D eigenvalue weighted by Gasteiger charge is 2.25. The van der Waals surface area contributed by atoms with Crippen molar-refractivity contribution in [2.45, 2.75) is 80.1 Å². The molecule has 22 heavy (non-hydrogen) atoms. The van der Waals surface area contributed by atoms with E-state index in [4.69, 9.17) is 14.0 Å². The van der Waals surface area contributed by atoms with E-state index < -0.39 is 7.32 Å². The van der Waals surface area contributed by atoms with Crippen LogP contribution in [0, 0.1) is 17.8 Å². The summed E-state index contributed by atoms with van der Waals surface area (Å²) in [6, 6.07) is 0. The lowest BCUT2D eigenvalue weighted by molar-refractivity contribution is 0.0556. The van der Waals surface area contributed by atoms with E-state index in [1.165, 1.54) is 0 Å². The average molecular weight is 314 g/mol. The zero-order chi connectivity index (χ0) is 16.8. The van der Waals surface area contributed by atoms with Gasteiger partial charge in [0.05, 0.1) is 0 Å². The summed E-state index contributed by atoms with van der Waals surface area (Å²) < 4.78 is 17.8. The Morgan fingerprint density at radius 2 is 0.727 bits per heavy atom. The third-order valence-corrected chi connectivity index (χ3v) is 4.87. The molecule has 0 saturated heterocycles. The van der Waals surface area contributed by atoms with Crippen LogP contribution in [0.25, 0.3) is 0 Å². The van der Waals surface area contributed by atoms with Gasteiger partial charge in [0.15, 0.2) is 0 Å². The molecule has 0 saturated carbocycles. The first-order chi connectivity index (χ1) is 10.6. The molecule has 0 heterocycles. The van der Waals surface area contributed by atoms with Crippen molar-refractivity contribution < 1.29 is 14.0 Å². The summed E-state index contributed by atoms with van der Waals surface area (Å²) in [5.74, 6) is 1.78. The van der Waals surface area contributed by atoms with Crippen molar-refractivity contribution in [2.24, 2.45) is 17.8 Å². The van der Waals surface area contributed by atoms with Crippen molar-refractivity contribution >= 4 is 7.32 Å². The van der Waals surface area contributed by atoms with Gasteiger partial charge >= 0.3 is 7.32 Å². The zero-order valence-corrected chi connectivity index (χ0v) is 15.9. The van der Waals surface area contributed by atoms with E-state index in [0.717, 1.165) is 58.3 Å². The predicted molar refractivity (Wildman–Crippen MR) is 95.8 cm³/mol. The van der Waals surface area contributed by atoms with Crippen molar-refractivity contribution in [3.05, 3.63) is 0 Å². The molecule has 0 aliphatic carbocycles. The van der Waals surface area contributed by atoms with E-state index in [-0.39, 0.29) is 0 Å². The lowest BCUT2D eigenvalue weighted by Gasteiger charge is -2.22. The fraction of sp³-hybridized carbons (Fsp3) is 1.00. The summed E-state index contributed by atoms with van der Waals surface area (Å²) in [5.41, 5.74) is 0. The van der Waals surface area contributed by atoms with E-state index in [0.29, 0.717) is 17.8 Å². The molecule has 132 valence electrons. The summed E-state index contributed by atoms with van der Waals surface area (Å²) in [7, 11) is -0.498. The van der Waals surface area contributed by atoms with E-state index in [2.05, 4.69) is 41.5 Å². The van der Waals surface area contributed by atoms with Gasteiger partial charge in [0.2, 0.25) is 0 Å². The SMILES string of the molecule is CCC(CC)COB(OCC(CC)CC)OCC(CC)CC. The van der Waals surface area contributed by atoms with E-state index >= 15 is 0 Å². The summed E-state index contributed by atoms with van der Waals surface area (Å²) in [6.45, 7) is 15.4. The van der Waals surface area contributed by atoms with Crippen molar-refractivity contribution in [2.75, 3.05) is 19.8 Å². The smallest absolute Gasteiger partial charge is 0.386 e. The van der Waals surface area contributed by atoms with Crippen LogP contribution in [-0.4, -0.2) is 27.1 Å². The molecule has 0 aliphatic heterocycles. The van der Waals surface area contributed by atoms with Crippen LogP contribution in [-0.2, 0) is 14.0 Å². The highest BCUT2D eigenvalue weighted by molar-refractivity contribution is 6.36. The quantitative estimate of drug-likeness (QED) is 0.382. The Balaban J connectivity index is 4.34. The van der Waals surface area contributed by atoms with Gasteiger partial charge in [0.1, 0.15) is 0 Å². The highest BCUT2D eigenvalue weighted by Crippen LogP contribution is 2.14. The molecule has 3 nitrogen and oxygen atoms in total. The standard InChI is InChI=1S/C18H39BO3/c1-7-16(8-2)13-20-19(21-14-17(9-3)10-4)22-15-18(11-5)12-6/h16-18H,7-15H2,1-6H3. The van der Waals surface area contributed by atoms with Gasteiger partial charge in [0, 0.05) is 19.8 Å². The maximum absolute atomic E-state index is 5.92. The van der Waals surface area contributed by atoms with Crippen LogP contribution in [0.2, 0.25) is 0 Å². The molecule has 0 N–H and O–H groups in total. The minimum absolute atomic E-state index is 0.498. The Bertz CT molecular complexity index is 188. The van der Waals surface area contributed by atoms with Crippen LogP contribution in [0.5, 0.6) is 0 Å². The summed E-state index contributed by atoms with van der Waals surface area (Å²) in [4.78, 5) is 0. The Morgan fingerprint density at radius 1 is 0.500 bits per heavy atom. The van der Waals surface area contributed by atoms with E-state index in [9.17, 15) is 0 Å². The van der Waals surface area contributed by atoms with Crippen molar-refractivity contribution in [1.29, 1.82) is 0 Å². The fourth-order valence-corrected chi connectivity index (χ4v) is 2.36. The van der Waals surface area contributed by atoms with Gasteiger partial charge in [0.25, 0.3) is 0 Å². The summed E-state index contributed by atoms with van der Waals surface area (Å²) in [5, 5.41) is 0. The third kappa shape index (κ3) is 9.86. The monoisotopic (exact) mass is 314 g/mol. The maximum Gasteiger partial charge on any atom is 0.639 e. The topological polar surface area (TPSA) is 27.7 Å². The minimum atomic E-state index is -0.498. The fourth-order valence-electron chi connectivity index (χ4n) is 2.36. The Morgan fingerprint density at radius 3 is 0.909 bits per heavy atom. The zero-order valence-electron chi connectivity index (χ0n) is 15.9. The normalized spacial score (nSPS) is 11.9. The summed E-state index contributed by atoms with van der Waals surface area (Å²) >= 11 is 0. The molecule has 0 bridgehead atoms. The molecule has 0 aromatic rings. The molecule has 0 amide bonds. The van der Waals surface area contributed by atoms with Crippen LogP contribution in [0.4, 0.5) is 0 Å². The largest absolute Gasteiger partial charge is 0.639 e. The molecule has 0 aromatic carbocycles. The number of hydrogen-bond acceptors (Lipinski definition) is 3. The van der Waals surface area contributed by atoms with Crippen LogP contribution >= 0.6 is 0 Å². The van der Waals surface area contributed by atoms with Crippen LogP contribution in [0.3, 0.4) is 0 Å². The molecule has 0 aliphatic rings. The molecular weight excluding hydrogens is 275 g/mol. The molecular formula is C18H39BO3. The van der Waals surface area contributed by atoms with Gasteiger partial charge < -0.3 is 14.0 Å². The highest BCUT2D eigenvalue weighted by atomic mass is 16.7. The summed E-state index contributed by atoms with van der Waals surface area (Å²) in [6.07, 6.45) is 6.85. The van der Waals surface area contributed by atoms with E-state index in [1.807, 2.05) is 0 Å². The first-order valence-corrected chi connectivity index (χ1v) is 9.49. The second kappa shape index (κ2) is 14.5. The Kier molecular flexibility index (Phi) is 14.5. The predicted octanol–water partition coefficient (Wildman–Crippen LogP) is 5.33. The second-order valence-corrected chi connectivity index (χ2v) is 6.34. The maximum atomic E-state index is 5.92. The first kappa shape index (κ1) is 21.9. The lowest BCUT2D eigenvalue weighted by Crippen LogP contribution is -2.33. The minimum Gasteiger partial charge on any atom is -0.386 e. The lowest BCUT2D eigenvalue weighted by atomic mass is 10.0. The van der Waals surface area contributed by atoms with Crippen LogP contribution in [0.1, 0.15) is 80.1 Å². The molecule has 0 aromatic heterocycles. The average Bonchev–Trinajstić information content (AvgIpc) is 2.56. The molecule has 0 spiro atoms. The molecule has 4 heteroatoms. The molecule has 0 rings (SSSR count). The van der Waals surface area contributed by atoms with Gasteiger partial charge in [-0.15, -0.1) is 0 Å². The molecule has 0 atom stereocenters. The Hall–Kier alpha value is -0.0551. The van der Waals surface area contributed by atoms with Crippen LogP contribution in [0.15, 0.2) is 0 Å². The van der Waals surface area contributed by atoms with Crippen molar-refractivity contribution in [3.63, 3.8) is 0 Å². The Labute approximate surface area is 139 Å². The number of rotatable bonds is 15. The van der Waals surface area contributed by atoms with Crippen molar-refractivity contribution in [3.8, 4) is 0 Å². The molecule has 0 fully saturated rings. The first-order valence-electron chi connectivity index (χ1n) is 9.49. The van der Waals surface area contributed by atoms with Gasteiger partial charge in [-0.25, -0.2) is 0 Å². The van der Waals surface area contributed by atoms with Gasteiger partial charge in [-0.3, -0.25) is 0 Å². The third-order valence-electron chi connectivity index (χ3n) is 4.87. The van der Waals surface area contributed by atoms with Crippen LogP contribution < -0.4 is 0 Å². The molecule has 0 unspecified atom stereocenters. The second-order valence-electron chi connectivity index (χ2n) is 6.34. The van der Waals surface area contributed by atoms with Gasteiger partial charge in [-0.2, -0.15) is 0 Å².